The highest BCUT2D eigenvalue weighted by molar-refractivity contribution is 5.91. The zero-order chi connectivity index (χ0) is 15.0. The van der Waals surface area contributed by atoms with Crippen molar-refractivity contribution in [2.24, 2.45) is 17.8 Å². The van der Waals surface area contributed by atoms with Gasteiger partial charge in [0.1, 0.15) is 11.3 Å². The Hall–Kier alpha value is -2.04. The number of amides is 1. The van der Waals surface area contributed by atoms with Crippen LogP contribution in [0.4, 0.5) is 0 Å². The number of carbonyl (C=O) groups is 2. The van der Waals surface area contributed by atoms with Crippen molar-refractivity contribution in [3.8, 4) is 5.75 Å². The van der Waals surface area contributed by atoms with Gasteiger partial charge in [-0.3, -0.25) is 4.79 Å². The molecule has 0 aliphatic heterocycles. The second-order valence-corrected chi connectivity index (χ2v) is 5.84. The molecule has 0 heterocycles. The molecular weight excluding hydrogens is 270 g/mol. The third-order valence-electron chi connectivity index (χ3n) is 4.67. The van der Waals surface area contributed by atoms with Crippen molar-refractivity contribution in [1.82, 2.24) is 5.32 Å². The van der Waals surface area contributed by atoms with Crippen LogP contribution in [0.5, 0.6) is 5.75 Å². The average molecular weight is 289 g/mol. The van der Waals surface area contributed by atoms with Crippen LogP contribution in [0.15, 0.2) is 18.2 Å². The van der Waals surface area contributed by atoms with E-state index in [4.69, 9.17) is 9.84 Å². The van der Waals surface area contributed by atoms with Crippen LogP contribution in [0.2, 0.25) is 0 Å². The van der Waals surface area contributed by atoms with Gasteiger partial charge >= 0.3 is 5.97 Å². The lowest BCUT2D eigenvalue weighted by atomic mass is 10.1. The maximum atomic E-state index is 12.1. The first-order chi connectivity index (χ1) is 10.1. The second-order valence-electron chi connectivity index (χ2n) is 5.84. The summed E-state index contributed by atoms with van der Waals surface area (Å²) in [6, 6.07) is 4.95. The van der Waals surface area contributed by atoms with E-state index in [0.717, 1.165) is 5.56 Å². The van der Waals surface area contributed by atoms with Crippen molar-refractivity contribution in [2.75, 3.05) is 7.11 Å². The molecule has 2 aliphatic carbocycles. The lowest BCUT2D eigenvalue weighted by Crippen LogP contribution is -2.26. The van der Waals surface area contributed by atoms with E-state index in [2.05, 4.69) is 5.32 Å². The van der Waals surface area contributed by atoms with Crippen LogP contribution in [0.1, 0.15) is 35.2 Å². The van der Waals surface area contributed by atoms with Gasteiger partial charge in [0.15, 0.2) is 0 Å². The Morgan fingerprint density at radius 1 is 1.33 bits per heavy atom. The van der Waals surface area contributed by atoms with Gasteiger partial charge in [0.25, 0.3) is 0 Å². The molecule has 1 aromatic carbocycles. The first-order valence-electron chi connectivity index (χ1n) is 7.29. The van der Waals surface area contributed by atoms with Crippen molar-refractivity contribution in [3.63, 3.8) is 0 Å². The fourth-order valence-corrected chi connectivity index (χ4v) is 3.55. The highest BCUT2D eigenvalue weighted by Crippen LogP contribution is 2.57. The third kappa shape index (κ3) is 2.60. The van der Waals surface area contributed by atoms with E-state index in [-0.39, 0.29) is 17.4 Å². The number of methoxy groups -OCH3 is 1. The molecule has 3 rings (SSSR count). The Balaban J connectivity index is 1.61. The summed E-state index contributed by atoms with van der Waals surface area (Å²) in [6.45, 7) is 0.360. The van der Waals surface area contributed by atoms with Gasteiger partial charge in [-0.25, -0.2) is 4.79 Å². The van der Waals surface area contributed by atoms with Crippen molar-refractivity contribution in [2.45, 2.75) is 25.8 Å². The Morgan fingerprint density at radius 2 is 2.05 bits per heavy atom. The number of carboxylic acids is 1. The number of hydrogen-bond acceptors (Lipinski definition) is 3. The third-order valence-corrected chi connectivity index (χ3v) is 4.67. The van der Waals surface area contributed by atoms with E-state index >= 15 is 0 Å². The molecule has 2 fully saturated rings. The molecule has 1 aromatic rings. The van der Waals surface area contributed by atoms with E-state index in [1.165, 1.54) is 26.4 Å². The summed E-state index contributed by atoms with van der Waals surface area (Å²) in [6.07, 6.45) is 3.60. The first kappa shape index (κ1) is 13.9. The summed E-state index contributed by atoms with van der Waals surface area (Å²) in [5.41, 5.74) is 0.889. The predicted molar refractivity (Wildman–Crippen MR) is 76.1 cm³/mol. The zero-order valence-corrected chi connectivity index (χ0v) is 12.0. The number of ether oxygens (including phenoxy) is 1. The monoisotopic (exact) mass is 289 g/mol. The maximum Gasteiger partial charge on any atom is 0.339 e. The molecule has 21 heavy (non-hydrogen) atoms. The van der Waals surface area contributed by atoms with E-state index in [1.54, 1.807) is 18.2 Å². The van der Waals surface area contributed by atoms with Gasteiger partial charge in [-0.15, -0.1) is 0 Å². The summed E-state index contributed by atoms with van der Waals surface area (Å²) >= 11 is 0. The average Bonchev–Trinajstić information content (AvgIpc) is 2.97. The number of aromatic carboxylic acids is 1. The molecule has 0 bridgehead atoms. The minimum atomic E-state index is -1.03. The van der Waals surface area contributed by atoms with Crippen molar-refractivity contribution in [1.29, 1.82) is 0 Å². The topological polar surface area (TPSA) is 75.6 Å². The number of nitrogens with one attached hydrogen (secondary N) is 1. The molecule has 2 atom stereocenters. The van der Waals surface area contributed by atoms with Gasteiger partial charge in [-0.05, 0) is 42.4 Å². The number of fused-ring (bicyclic) bond motifs is 1. The van der Waals surface area contributed by atoms with Crippen molar-refractivity contribution in [3.05, 3.63) is 29.3 Å². The second kappa shape index (κ2) is 5.39. The summed E-state index contributed by atoms with van der Waals surface area (Å²) in [5, 5.41) is 12.1. The largest absolute Gasteiger partial charge is 0.496 e. The normalized spacial score (nSPS) is 26.0. The number of rotatable bonds is 5. The molecule has 2 N–H and O–H groups in total. The maximum absolute atomic E-state index is 12.1. The highest BCUT2D eigenvalue weighted by Gasteiger charge is 2.56. The summed E-state index contributed by atoms with van der Waals surface area (Å²) in [4.78, 5) is 23.2. The minimum absolute atomic E-state index is 0.109. The molecule has 2 saturated carbocycles. The minimum Gasteiger partial charge on any atom is -0.496 e. The summed E-state index contributed by atoms with van der Waals surface area (Å²) in [7, 11) is 1.44. The Labute approximate surface area is 123 Å². The van der Waals surface area contributed by atoms with Crippen LogP contribution in [0.3, 0.4) is 0 Å². The van der Waals surface area contributed by atoms with Gasteiger partial charge in [0.2, 0.25) is 5.91 Å². The molecule has 0 spiro atoms. The predicted octanol–water partition coefficient (Wildman–Crippen LogP) is 2.06. The van der Waals surface area contributed by atoms with Crippen LogP contribution in [0, 0.1) is 17.8 Å². The fourth-order valence-electron chi connectivity index (χ4n) is 3.55. The standard InChI is InChI=1S/C16H19NO4/c1-21-13-6-5-9(7-12(13)16(19)20)8-17-15(18)14-10-3-2-4-11(10)14/h5-7,10-11,14H,2-4,8H2,1H3,(H,17,18)(H,19,20). The molecule has 0 saturated heterocycles. The lowest BCUT2D eigenvalue weighted by Gasteiger charge is -2.09. The molecule has 1 amide bonds. The van der Waals surface area contributed by atoms with Crippen LogP contribution in [0.25, 0.3) is 0 Å². The van der Waals surface area contributed by atoms with Gasteiger partial charge in [-0.2, -0.15) is 0 Å². The molecule has 0 aromatic heterocycles. The van der Waals surface area contributed by atoms with Crippen molar-refractivity contribution >= 4 is 11.9 Å². The quantitative estimate of drug-likeness (QED) is 0.870. The van der Waals surface area contributed by atoms with E-state index in [0.29, 0.717) is 24.1 Å². The number of hydrogen-bond donors (Lipinski definition) is 2. The van der Waals surface area contributed by atoms with Crippen molar-refractivity contribution < 1.29 is 19.4 Å². The number of carboxylic acid groups (broad SMARTS) is 1. The smallest absolute Gasteiger partial charge is 0.339 e. The number of benzene rings is 1. The van der Waals surface area contributed by atoms with Gasteiger partial charge in [-0.1, -0.05) is 12.5 Å². The molecule has 112 valence electrons. The fraction of sp³-hybridized carbons (Fsp3) is 0.500. The molecule has 2 unspecified atom stereocenters. The van der Waals surface area contributed by atoms with Crippen LogP contribution in [-0.2, 0) is 11.3 Å². The van der Waals surface area contributed by atoms with Gasteiger partial charge in [0, 0.05) is 12.5 Å². The SMILES string of the molecule is COc1ccc(CNC(=O)C2C3CCCC32)cc1C(=O)O. The van der Waals surface area contributed by atoms with E-state index in [9.17, 15) is 9.59 Å². The number of carbonyl (C=O) groups excluding carboxylic acids is 1. The Morgan fingerprint density at radius 3 is 2.67 bits per heavy atom. The van der Waals surface area contributed by atoms with E-state index < -0.39 is 5.97 Å². The molecule has 5 nitrogen and oxygen atoms in total. The van der Waals surface area contributed by atoms with Crippen LogP contribution < -0.4 is 10.1 Å². The van der Waals surface area contributed by atoms with Crippen LogP contribution >= 0.6 is 0 Å². The molecule has 2 aliphatic rings. The van der Waals surface area contributed by atoms with Crippen LogP contribution in [-0.4, -0.2) is 24.1 Å². The molecule has 5 heteroatoms. The lowest BCUT2D eigenvalue weighted by molar-refractivity contribution is -0.123. The summed E-state index contributed by atoms with van der Waals surface area (Å²) < 4.78 is 5.02. The highest BCUT2D eigenvalue weighted by atomic mass is 16.5. The summed E-state index contributed by atoms with van der Waals surface area (Å²) in [5.74, 6) is 0.783. The first-order valence-corrected chi connectivity index (χ1v) is 7.29. The Bertz CT molecular complexity index is 574. The van der Waals surface area contributed by atoms with Gasteiger partial charge < -0.3 is 15.2 Å². The van der Waals surface area contributed by atoms with E-state index in [1.807, 2.05) is 0 Å². The molecule has 0 radical (unpaired) electrons. The zero-order valence-electron chi connectivity index (χ0n) is 12.0. The van der Waals surface area contributed by atoms with Gasteiger partial charge in [0.05, 0.1) is 7.11 Å². The Kier molecular flexibility index (Phi) is 3.57. The molecular formula is C16H19NO4.